The second kappa shape index (κ2) is 8.24. The molecule has 1 aliphatic rings. The molecule has 2 aromatic carbocycles. The number of halogens is 1. The van der Waals surface area contributed by atoms with E-state index < -0.39 is 0 Å². The molecule has 0 bridgehead atoms. The van der Waals surface area contributed by atoms with Gasteiger partial charge >= 0.3 is 6.03 Å². The summed E-state index contributed by atoms with van der Waals surface area (Å²) in [6.45, 7) is 4.55. The first-order chi connectivity index (χ1) is 12.9. The lowest BCUT2D eigenvalue weighted by molar-refractivity contribution is 0.133. The monoisotopic (exact) mass is 384 g/mol. The van der Waals surface area contributed by atoms with Gasteiger partial charge in [-0.1, -0.05) is 35.6 Å². The Morgan fingerprint density at radius 3 is 2.78 bits per heavy atom. The maximum absolute atomic E-state index is 11.8. The minimum absolute atomic E-state index is 0.213. The predicted molar refractivity (Wildman–Crippen MR) is 107 cm³/mol. The van der Waals surface area contributed by atoms with Crippen LogP contribution in [0, 0.1) is 11.8 Å². The molecule has 0 aliphatic carbocycles. The standard InChI is InChI=1S/C21H21ClN2O3/c1-21(2)14-15-6-5-7-18(19(15)27-21)26-13-4-3-12-23-20(25)24-17-10-8-16(22)9-11-17/h5-11H,12-14H2,1-2H3,(H2,23,24,25). The van der Waals surface area contributed by atoms with Gasteiger partial charge in [-0.05, 0) is 44.2 Å². The highest BCUT2D eigenvalue weighted by Gasteiger charge is 2.32. The molecule has 2 aromatic rings. The van der Waals surface area contributed by atoms with Crippen molar-refractivity contribution < 1.29 is 14.3 Å². The number of fused-ring (bicyclic) bond motifs is 1. The van der Waals surface area contributed by atoms with Crippen LogP contribution >= 0.6 is 11.6 Å². The average Bonchev–Trinajstić information content (AvgIpc) is 2.94. The van der Waals surface area contributed by atoms with Gasteiger partial charge in [0.2, 0.25) is 0 Å². The van der Waals surface area contributed by atoms with Crippen LogP contribution in [0.1, 0.15) is 19.4 Å². The fraction of sp³-hybridized carbons (Fsp3) is 0.286. The van der Waals surface area contributed by atoms with Crippen LogP contribution in [0.25, 0.3) is 0 Å². The van der Waals surface area contributed by atoms with Crippen LogP contribution in [0.5, 0.6) is 11.5 Å². The molecule has 0 fully saturated rings. The first kappa shape index (κ1) is 18.9. The molecule has 0 unspecified atom stereocenters. The van der Waals surface area contributed by atoms with Crippen molar-refractivity contribution in [3.63, 3.8) is 0 Å². The summed E-state index contributed by atoms with van der Waals surface area (Å²) in [6, 6.07) is 12.4. The molecule has 0 spiro atoms. The van der Waals surface area contributed by atoms with Crippen molar-refractivity contribution in [3.05, 3.63) is 53.1 Å². The van der Waals surface area contributed by atoms with Gasteiger partial charge in [0.1, 0.15) is 12.2 Å². The SMILES string of the molecule is CC1(C)Cc2cccc(OCC#CCNC(=O)Nc3ccc(Cl)cc3)c2O1. The summed E-state index contributed by atoms with van der Waals surface area (Å²) in [5.41, 5.74) is 1.59. The number of hydrogen-bond donors (Lipinski definition) is 2. The van der Waals surface area contributed by atoms with E-state index in [-0.39, 0.29) is 24.8 Å². The third-order valence-electron chi connectivity index (χ3n) is 3.92. The average molecular weight is 385 g/mol. The molecule has 0 saturated heterocycles. The minimum Gasteiger partial charge on any atom is -0.483 e. The van der Waals surface area contributed by atoms with Crippen LogP contribution in [-0.2, 0) is 6.42 Å². The van der Waals surface area contributed by atoms with E-state index in [1.807, 2.05) is 18.2 Å². The summed E-state index contributed by atoms with van der Waals surface area (Å²) < 4.78 is 11.7. The number of rotatable bonds is 4. The molecule has 3 rings (SSSR count). The quantitative estimate of drug-likeness (QED) is 0.774. The van der Waals surface area contributed by atoms with Crippen molar-refractivity contribution in [2.75, 3.05) is 18.5 Å². The lowest BCUT2D eigenvalue weighted by Crippen LogP contribution is -2.28. The Bertz CT molecular complexity index is 883. The Morgan fingerprint density at radius 1 is 1.22 bits per heavy atom. The van der Waals surface area contributed by atoms with Crippen molar-refractivity contribution in [1.82, 2.24) is 5.32 Å². The fourth-order valence-corrected chi connectivity index (χ4v) is 2.89. The number of benzene rings is 2. The molecule has 0 saturated carbocycles. The number of hydrogen-bond acceptors (Lipinski definition) is 3. The normalized spacial score (nSPS) is 13.6. The molecule has 1 heterocycles. The maximum Gasteiger partial charge on any atom is 0.319 e. The molecule has 140 valence electrons. The maximum atomic E-state index is 11.8. The Hall–Kier alpha value is -2.84. The van der Waals surface area contributed by atoms with Crippen LogP contribution in [-0.4, -0.2) is 24.8 Å². The lowest BCUT2D eigenvalue weighted by Gasteiger charge is -2.17. The first-order valence-corrected chi connectivity index (χ1v) is 9.01. The molecule has 1 aliphatic heterocycles. The van der Waals surface area contributed by atoms with Crippen LogP contribution < -0.4 is 20.1 Å². The zero-order valence-electron chi connectivity index (χ0n) is 15.3. The van der Waals surface area contributed by atoms with Crippen molar-refractivity contribution in [1.29, 1.82) is 0 Å². The van der Waals surface area contributed by atoms with Crippen molar-refractivity contribution in [2.24, 2.45) is 0 Å². The zero-order chi connectivity index (χ0) is 19.3. The zero-order valence-corrected chi connectivity index (χ0v) is 16.0. The molecule has 0 radical (unpaired) electrons. The van der Waals surface area contributed by atoms with Gasteiger partial charge in [0, 0.05) is 22.7 Å². The fourth-order valence-electron chi connectivity index (χ4n) is 2.76. The molecule has 5 nitrogen and oxygen atoms in total. The van der Waals surface area contributed by atoms with E-state index in [0.717, 1.165) is 17.7 Å². The number of nitrogens with one attached hydrogen (secondary N) is 2. The second-order valence-corrected chi connectivity index (χ2v) is 7.18. The van der Waals surface area contributed by atoms with Gasteiger partial charge in [-0.25, -0.2) is 4.79 Å². The Morgan fingerprint density at radius 2 is 2.00 bits per heavy atom. The highest BCUT2D eigenvalue weighted by atomic mass is 35.5. The third kappa shape index (κ3) is 5.32. The van der Waals surface area contributed by atoms with Gasteiger partial charge in [-0.15, -0.1) is 0 Å². The van der Waals surface area contributed by atoms with Crippen LogP contribution in [0.3, 0.4) is 0 Å². The highest BCUT2D eigenvalue weighted by molar-refractivity contribution is 6.30. The smallest absolute Gasteiger partial charge is 0.319 e. The molecule has 2 N–H and O–H groups in total. The summed E-state index contributed by atoms with van der Waals surface area (Å²) >= 11 is 5.80. The van der Waals surface area contributed by atoms with Crippen LogP contribution in [0.2, 0.25) is 5.02 Å². The van der Waals surface area contributed by atoms with E-state index in [9.17, 15) is 4.79 Å². The molecule has 0 aromatic heterocycles. The van der Waals surface area contributed by atoms with E-state index in [0.29, 0.717) is 16.5 Å². The number of urea groups is 1. The Labute approximate surface area is 164 Å². The van der Waals surface area contributed by atoms with Gasteiger partial charge in [0.15, 0.2) is 11.5 Å². The molecule has 27 heavy (non-hydrogen) atoms. The highest BCUT2D eigenvalue weighted by Crippen LogP contribution is 2.41. The van der Waals surface area contributed by atoms with Crippen molar-refractivity contribution >= 4 is 23.3 Å². The van der Waals surface area contributed by atoms with Crippen molar-refractivity contribution in [3.8, 4) is 23.3 Å². The number of amides is 2. The Balaban J connectivity index is 1.42. The molecular formula is C21H21ClN2O3. The number of carbonyl (C=O) groups excluding carboxylic acids is 1. The van der Waals surface area contributed by atoms with Gasteiger partial charge in [-0.2, -0.15) is 0 Å². The summed E-state index contributed by atoms with van der Waals surface area (Å²) in [7, 11) is 0. The summed E-state index contributed by atoms with van der Waals surface area (Å²) in [5, 5.41) is 5.97. The number of para-hydroxylation sites is 1. The van der Waals surface area contributed by atoms with E-state index >= 15 is 0 Å². The predicted octanol–water partition coefficient (Wildman–Crippen LogP) is 4.26. The molecule has 0 atom stereocenters. The van der Waals surface area contributed by atoms with Gasteiger partial charge in [0.05, 0.1) is 6.54 Å². The summed E-state index contributed by atoms with van der Waals surface area (Å²) in [4.78, 5) is 11.8. The van der Waals surface area contributed by atoms with Gasteiger partial charge in [0.25, 0.3) is 0 Å². The van der Waals surface area contributed by atoms with Gasteiger partial charge < -0.3 is 20.1 Å². The molecular weight excluding hydrogens is 364 g/mol. The second-order valence-electron chi connectivity index (χ2n) is 6.74. The first-order valence-electron chi connectivity index (χ1n) is 8.63. The minimum atomic E-state index is -0.330. The van der Waals surface area contributed by atoms with E-state index in [4.69, 9.17) is 21.1 Å². The van der Waals surface area contributed by atoms with Gasteiger partial charge in [-0.3, -0.25) is 0 Å². The summed E-state index contributed by atoms with van der Waals surface area (Å²) in [6.07, 6.45) is 0.859. The van der Waals surface area contributed by atoms with Crippen LogP contribution in [0.15, 0.2) is 42.5 Å². The third-order valence-corrected chi connectivity index (χ3v) is 4.17. The van der Waals surface area contributed by atoms with E-state index in [1.54, 1.807) is 24.3 Å². The van der Waals surface area contributed by atoms with E-state index in [2.05, 4.69) is 36.3 Å². The molecule has 6 heteroatoms. The lowest BCUT2D eigenvalue weighted by atomic mass is 10.0. The topological polar surface area (TPSA) is 59.6 Å². The number of anilines is 1. The number of carbonyl (C=O) groups is 1. The van der Waals surface area contributed by atoms with Crippen molar-refractivity contribution in [2.45, 2.75) is 25.9 Å². The Kier molecular flexibility index (Phi) is 5.78. The summed E-state index contributed by atoms with van der Waals surface area (Å²) in [5.74, 6) is 7.23. The van der Waals surface area contributed by atoms with Crippen LogP contribution in [0.4, 0.5) is 10.5 Å². The largest absolute Gasteiger partial charge is 0.483 e. The number of ether oxygens (including phenoxy) is 2. The molecule has 2 amide bonds. The van der Waals surface area contributed by atoms with E-state index in [1.165, 1.54) is 0 Å².